The lowest BCUT2D eigenvalue weighted by Crippen LogP contribution is -2.36. The molecule has 1 heterocycles. The quantitative estimate of drug-likeness (QED) is 0.428. The van der Waals surface area contributed by atoms with Gasteiger partial charge in [0.1, 0.15) is 11.6 Å². The molecule has 0 saturated carbocycles. The van der Waals surface area contributed by atoms with Crippen LogP contribution in [0.25, 0.3) is 0 Å². The molecular weight excluding hydrogens is 384 g/mol. The van der Waals surface area contributed by atoms with Crippen molar-refractivity contribution in [2.24, 2.45) is 0 Å². The zero-order valence-electron chi connectivity index (χ0n) is 17.2. The van der Waals surface area contributed by atoms with Gasteiger partial charge in [-0.05, 0) is 36.2 Å². The van der Waals surface area contributed by atoms with Gasteiger partial charge in [-0.25, -0.2) is 13.6 Å². The van der Waals surface area contributed by atoms with Crippen molar-refractivity contribution >= 4 is 11.7 Å². The Morgan fingerprint density at radius 2 is 1.83 bits per heavy atom. The van der Waals surface area contributed by atoms with E-state index in [9.17, 15) is 13.6 Å². The average Bonchev–Trinajstić information content (AvgIpc) is 3.16. The molecule has 0 aliphatic carbocycles. The minimum Gasteiger partial charge on any atom is -0.345 e. The molecule has 4 nitrogen and oxygen atoms in total. The summed E-state index contributed by atoms with van der Waals surface area (Å²) in [6.45, 7) is 3.76. The number of carbonyl (C=O) groups excluding carboxylic acids is 1. The third-order valence-corrected chi connectivity index (χ3v) is 4.96. The Bertz CT molecular complexity index is 956. The Hall–Kier alpha value is -3.15. The molecule has 3 rings (SSSR count). The SMILES string of the molecule is CCCCCN(Cc1cccn1Cc1ccccc1)C(=O)Nc1ccc(F)cc1F. The van der Waals surface area contributed by atoms with Crippen molar-refractivity contribution in [2.75, 3.05) is 11.9 Å². The Morgan fingerprint density at radius 1 is 1.03 bits per heavy atom. The van der Waals surface area contributed by atoms with E-state index < -0.39 is 17.7 Å². The van der Waals surface area contributed by atoms with Gasteiger partial charge in [-0.3, -0.25) is 0 Å². The molecule has 0 aliphatic heterocycles. The minimum atomic E-state index is -0.788. The van der Waals surface area contributed by atoms with Crippen molar-refractivity contribution in [3.8, 4) is 0 Å². The van der Waals surface area contributed by atoms with Gasteiger partial charge in [0, 0.05) is 31.0 Å². The monoisotopic (exact) mass is 411 g/mol. The van der Waals surface area contributed by atoms with Gasteiger partial charge in [0.2, 0.25) is 0 Å². The van der Waals surface area contributed by atoms with Crippen molar-refractivity contribution in [3.05, 3.63) is 89.8 Å². The molecular formula is C24H27F2N3O. The number of benzene rings is 2. The number of anilines is 1. The van der Waals surface area contributed by atoms with Gasteiger partial charge in [-0.15, -0.1) is 0 Å². The van der Waals surface area contributed by atoms with Gasteiger partial charge >= 0.3 is 6.03 Å². The molecule has 1 aromatic heterocycles. The number of unbranched alkanes of at least 4 members (excludes halogenated alkanes) is 2. The molecule has 158 valence electrons. The third-order valence-electron chi connectivity index (χ3n) is 4.96. The van der Waals surface area contributed by atoms with E-state index in [-0.39, 0.29) is 5.69 Å². The molecule has 2 amide bonds. The second-order valence-electron chi connectivity index (χ2n) is 7.30. The van der Waals surface area contributed by atoms with E-state index in [2.05, 4.69) is 28.9 Å². The summed E-state index contributed by atoms with van der Waals surface area (Å²) < 4.78 is 29.3. The van der Waals surface area contributed by atoms with Gasteiger partial charge in [0.25, 0.3) is 0 Å². The van der Waals surface area contributed by atoms with Crippen LogP contribution in [0.5, 0.6) is 0 Å². The Balaban J connectivity index is 1.74. The van der Waals surface area contributed by atoms with E-state index in [1.165, 1.54) is 11.6 Å². The summed E-state index contributed by atoms with van der Waals surface area (Å²) in [4.78, 5) is 14.6. The van der Waals surface area contributed by atoms with Crippen LogP contribution in [-0.2, 0) is 13.1 Å². The topological polar surface area (TPSA) is 37.3 Å². The van der Waals surface area contributed by atoms with Gasteiger partial charge in [0.05, 0.1) is 12.2 Å². The van der Waals surface area contributed by atoms with Crippen LogP contribution in [-0.4, -0.2) is 22.0 Å². The summed E-state index contributed by atoms with van der Waals surface area (Å²) in [5.41, 5.74) is 2.14. The van der Waals surface area contributed by atoms with Crippen LogP contribution >= 0.6 is 0 Å². The van der Waals surface area contributed by atoms with E-state index in [0.29, 0.717) is 19.6 Å². The second kappa shape index (κ2) is 10.6. The molecule has 2 aromatic carbocycles. The van der Waals surface area contributed by atoms with Gasteiger partial charge < -0.3 is 14.8 Å². The normalized spacial score (nSPS) is 10.8. The number of halogens is 2. The predicted octanol–water partition coefficient (Wildman–Crippen LogP) is 6.04. The summed E-state index contributed by atoms with van der Waals surface area (Å²) in [6, 6.07) is 16.8. The molecule has 0 atom stereocenters. The van der Waals surface area contributed by atoms with E-state index in [1.54, 1.807) is 4.90 Å². The number of amides is 2. The van der Waals surface area contributed by atoms with Gasteiger partial charge in [-0.2, -0.15) is 0 Å². The number of carbonyl (C=O) groups is 1. The van der Waals surface area contributed by atoms with Crippen LogP contribution in [0.1, 0.15) is 37.4 Å². The maximum atomic E-state index is 14.0. The van der Waals surface area contributed by atoms with Gasteiger partial charge in [0.15, 0.2) is 0 Å². The van der Waals surface area contributed by atoms with E-state index >= 15 is 0 Å². The van der Waals surface area contributed by atoms with Crippen molar-refractivity contribution in [2.45, 2.75) is 39.3 Å². The summed E-state index contributed by atoms with van der Waals surface area (Å²) in [5.74, 6) is -1.46. The Morgan fingerprint density at radius 3 is 2.57 bits per heavy atom. The van der Waals surface area contributed by atoms with E-state index in [0.717, 1.165) is 37.1 Å². The summed E-state index contributed by atoms with van der Waals surface area (Å²) in [5, 5.41) is 2.58. The van der Waals surface area contributed by atoms with Crippen LogP contribution < -0.4 is 5.32 Å². The molecule has 0 spiro atoms. The first-order valence-electron chi connectivity index (χ1n) is 10.3. The number of hydrogen-bond donors (Lipinski definition) is 1. The first-order valence-corrected chi connectivity index (χ1v) is 10.3. The summed E-state index contributed by atoms with van der Waals surface area (Å²) in [6.07, 6.45) is 4.88. The fourth-order valence-electron chi connectivity index (χ4n) is 3.31. The summed E-state index contributed by atoms with van der Waals surface area (Å²) in [7, 11) is 0. The van der Waals surface area contributed by atoms with Crippen LogP contribution in [0.2, 0.25) is 0 Å². The Kier molecular flexibility index (Phi) is 7.60. The highest BCUT2D eigenvalue weighted by molar-refractivity contribution is 5.89. The van der Waals surface area contributed by atoms with Crippen molar-refractivity contribution in [1.82, 2.24) is 9.47 Å². The zero-order chi connectivity index (χ0) is 21.3. The van der Waals surface area contributed by atoms with Crippen molar-refractivity contribution in [1.29, 1.82) is 0 Å². The molecule has 6 heteroatoms. The van der Waals surface area contributed by atoms with Crippen LogP contribution in [0.3, 0.4) is 0 Å². The highest BCUT2D eigenvalue weighted by Gasteiger charge is 2.17. The molecule has 0 aliphatic rings. The number of nitrogens with zero attached hydrogens (tertiary/aromatic N) is 2. The molecule has 0 fully saturated rings. The molecule has 30 heavy (non-hydrogen) atoms. The first-order chi connectivity index (χ1) is 14.6. The minimum absolute atomic E-state index is 0.0263. The number of hydrogen-bond acceptors (Lipinski definition) is 1. The predicted molar refractivity (Wildman–Crippen MR) is 115 cm³/mol. The van der Waals surface area contributed by atoms with Crippen LogP contribution in [0.4, 0.5) is 19.3 Å². The average molecular weight is 411 g/mol. The number of nitrogens with one attached hydrogen (secondary N) is 1. The molecule has 1 N–H and O–H groups in total. The first kappa shape index (κ1) is 21.6. The van der Waals surface area contributed by atoms with Crippen LogP contribution in [0, 0.1) is 11.6 Å². The number of urea groups is 1. The lowest BCUT2D eigenvalue weighted by molar-refractivity contribution is 0.206. The fraction of sp³-hybridized carbons (Fsp3) is 0.292. The smallest absolute Gasteiger partial charge is 0.322 e. The lowest BCUT2D eigenvalue weighted by Gasteiger charge is -2.24. The highest BCUT2D eigenvalue weighted by Crippen LogP contribution is 2.17. The number of rotatable bonds is 9. The van der Waals surface area contributed by atoms with Crippen LogP contribution in [0.15, 0.2) is 66.9 Å². The Labute approximate surface area is 176 Å². The molecule has 0 bridgehead atoms. The second-order valence-corrected chi connectivity index (χ2v) is 7.30. The molecule has 3 aromatic rings. The van der Waals surface area contributed by atoms with Crippen molar-refractivity contribution in [3.63, 3.8) is 0 Å². The maximum Gasteiger partial charge on any atom is 0.322 e. The molecule has 0 radical (unpaired) electrons. The molecule has 0 unspecified atom stereocenters. The zero-order valence-corrected chi connectivity index (χ0v) is 17.2. The molecule has 0 saturated heterocycles. The van der Waals surface area contributed by atoms with Crippen molar-refractivity contribution < 1.29 is 13.6 Å². The van der Waals surface area contributed by atoms with E-state index in [4.69, 9.17) is 0 Å². The van der Waals surface area contributed by atoms with Gasteiger partial charge in [-0.1, -0.05) is 50.1 Å². The summed E-state index contributed by atoms with van der Waals surface area (Å²) >= 11 is 0. The van der Waals surface area contributed by atoms with E-state index in [1.807, 2.05) is 36.5 Å². The standard InChI is InChI=1S/C24H27F2N3O/c1-2-3-7-14-29(24(30)27-23-13-12-20(25)16-22(23)26)18-21-11-8-15-28(21)17-19-9-5-4-6-10-19/h4-6,8-13,15-16H,2-3,7,14,17-18H2,1H3,(H,27,30). The highest BCUT2D eigenvalue weighted by atomic mass is 19.1. The lowest BCUT2D eigenvalue weighted by atomic mass is 10.2. The fourth-order valence-corrected chi connectivity index (χ4v) is 3.31. The third kappa shape index (κ3) is 5.92. The maximum absolute atomic E-state index is 14.0. The largest absolute Gasteiger partial charge is 0.345 e. The number of aromatic nitrogens is 1.